The zero-order valence-corrected chi connectivity index (χ0v) is 14.1. The molecular formula is C21H18N4. The highest BCUT2D eigenvalue weighted by molar-refractivity contribution is 5.98. The molecule has 25 heavy (non-hydrogen) atoms. The SMILES string of the molecule is CC1CCc2c(-c3ccnc4ccccc34)c(-c3ccccn3)nn21. The molecule has 1 aromatic carbocycles. The first-order valence-electron chi connectivity index (χ1n) is 8.70. The number of hydrogen-bond donors (Lipinski definition) is 0. The van der Waals surface area contributed by atoms with Crippen LogP contribution >= 0.6 is 0 Å². The lowest BCUT2D eigenvalue weighted by Crippen LogP contribution is -2.01. The van der Waals surface area contributed by atoms with Crippen LogP contribution in [-0.4, -0.2) is 19.7 Å². The standard InChI is InChI=1S/C21H18N4/c1-14-9-10-19-20(16-11-13-23-17-7-3-2-6-15(16)17)21(24-25(14)19)18-8-4-5-12-22-18/h2-8,11-14H,9-10H2,1H3. The van der Waals surface area contributed by atoms with Gasteiger partial charge in [-0.3, -0.25) is 14.6 Å². The summed E-state index contributed by atoms with van der Waals surface area (Å²) < 4.78 is 2.19. The zero-order valence-electron chi connectivity index (χ0n) is 14.1. The molecule has 0 saturated carbocycles. The monoisotopic (exact) mass is 326 g/mol. The van der Waals surface area contributed by atoms with Gasteiger partial charge in [-0.2, -0.15) is 5.10 Å². The van der Waals surface area contributed by atoms with Crippen LogP contribution in [0.2, 0.25) is 0 Å². The van der Waals surface area contributed by atoms with Crippen molar-refractivity contribution in [1.82, 2.24) is 19.7 Å². The van der Waals surface area contributed by atoms with Crippen LogP contribution in [0.15, 0.2) is 60.9 Å². The molecule has 4 nitrogen and oxygen atoms in total. The van der Waals surface area contributed by atoms with Gasteiger partial charge in [-0.25, -0.2) is 0 Å². The van der Waals surface area contributed by atoms with Crippen molar-refractivity contribution in [2.24, 2.45) is 0 Å². The maximum atomic E-state index is 4.96. The Morgan fingerprint density at radius 2 is 1.84 bits per heavy atom. The third-order valence-electron chi connectivity index (χ3n) is 5.05. The summed E-state index contributed by atoms with van der Waals surface area (Å²) in [5, 5.41) is 6.12. The molecule has 4 aromatic rings. The molecule has 0 fully saturated rings. The van der Waals surface area contributed by atoms with E-state index in [1.807, 2.05) is 36.7 Å². The molecule has 4 heteroatoms. The number of benzene rings is 1. The van der Waals surface area contributed by atoms with Crippen LogP contribution in [0.3, 0.4) is 0 Å². The molecule has 0 amide bonds. The lowest BCUT2D eigenvalue weighted by molar-refractivity contribution is 0.523. The maximum absolute atomic E-state index is 4.96. The Morgan fingerprint density at radius 1 is 0.960 bits per heavy atom. The molecule has 5 rings (SSSR count). The van der Waals surface area contributed by atoms with Crippen molar-refractivity contribution in [1.29, 1.82) is 0 Å². The van der Waals surface area contributed by atoms with Crippen molar-refractivity contribution in [2.45, 2.75) is 25.8 Å². The van der Waals surface area contributed by atoms with Crippen LogP contribution < -0.4 is 0 Å². The quantitative estimate of drug-likeness (QED) is 0.538. The molecule has 3 aromatic heterocycles. The number of para-hydroxylation sites is 1. The van der Waals surface area contributed by atoms with Gasteiger partial charge >= 0.3 is 0 Å². The second-order valence-corrected chi connectivity index (χ2v) is 6.59. The number of hydrogen-bond acceptors (Lipinski definition) is 3. The van der Waals surface area contributed by atoms with E-state index in [2.05, 4.69) is 45.8 Å². The average molecular weight is 326 g/mol. The Morgan fingerprint density at radius 3 is 2.72 bits per heavy atom. The van der Waals surface area contributed by atoms with Crippen LogP contribution in [0.5, 0.6) is 0 Å². The fraction of sp³-hybridized carbons (Fsp3) is 0.190. The maximum Gasteiger partial charge on any atom is 0.119 e. The first-order valence-corrected chi connectivity index (χ1v) is 8.70. The van der Waals surface area contributed by atoms with Crippen LogP contribution in [0.4, 0.5) is 0 Å². The molecule has 1 unspecified atom stereocenters. The number of fused-ring (bicyclic) bond motifs is 2. The van der Waals surface area contributed by atoms with E-state index >= 15 is 0 Å². The van der Waals surface area contributed by atoms with Gasteiger partial charge in [0.15, 0.2) is 0 Å². The Balaban J connectivity index is 1.85. The van der Waals surface area contributed by atoms with Gasteiger partial charge in [-0.05, 0) is 49.6 Å². The second kappa shape index (κ2) is 5.52. The molecule has 0 saturated heterocycles. The second-order valence-electron chi connectivity index (χ2n) is 6.59. The van der Waals surface area contributed by atoms with Crippen molar-refractivity contribution in [3.8, 4) is 22.5 Å². The van der Waals surface area contributed by atoms with Crippen molar-refractivity contribution >= 4 is 10.9 Å². The van der Waals surface area contributed by atoms with Gasteiger partial charge in [0.1, 0.15) is 5.69 Å². The lowest BCUT2D eigenvalue weighted by Gasteiger charge is -2.08. The van der Waals surface area contributed by atoms with E-state index in [9.17, 15) is 0 Å². The van der Waals surface area contributed by atoms with Crippen LogP contribution in [0, 0.1) is 0 Å². The average Bonchev–Trinajstić information content (AvgIpc) is 3.22. The molecule has 0 spiro atoms. The number of nitrogens with zero attached hydrogens (tertiary/aromatic N) is 4. The fourth-order valence-corrected chi connectivity index (χ4v) is 3.82. The molecule has 0 aliphatic carbocycles. The third kappa shape index (κ3) is 2.18. The Hall–Kier alpha value is -3.01. The van der Waals surface area contributed by atoms with E-state index < -0.39 is 0 Å². The first kappa shape index (κ1) is 14.3. The number of pyridine rings is 2. The summed E-state index contributed by atoms with van der Waals surface area (Å²) in [4.78, 5) is 9.08. The molecule has 1 atom stereocenters. The summed E-state index contributed by atoms with van der Waals surface area (Å²) in [6.07, 6.45) is 5.91. The fourth-order valence-electron chi connectivity index (χ4n) is 3.82. The largest absolute Gasteiger partial charge is 0.265 e. The molecule has 0 N–H and O–H groups in total. The van der Waals surface area contributed by atoms with E-state index in [1.165, 1.54) is 16.8 Å². The minimum absolute atomic E-state index is 0.430. The van der Waals surface area contributed by atoms with Crippen molar-refractivity contribution in [2.75, 3.05) is 0 Å². The molecule has 1 aliphatic rings. The van der Waals surface area contributed by atoms with Gasteiger partial charge in [-0.1, -0.05) is 24.3 Å². The van der Waals surface area contributed by atoms with E-state index in [1.54, 1.807) is 0 Å². The Labute approximate surface area is 146 Å². The van der Waals surface area contributed by atoms with E-state index in [-0.39, 0.29) is 0 Å². The molecular weight excluding hydrogens is 308 g/mol. The topological polar surface area (TPSA) is 43.6 Å². The highest BCUT2D eigenvalue weighted by atomic mass is 15.3. The minimum Gasteiger partial charge on any atom is -0.265 e. The van der Waals surface area contributed by atoms with Gasteiger partial charge in [0, 0.05) is 35.1 Å². The molecule has 0 bridgehead atoms. The smallest absolute Gasteiger partial charge is 0.119 e. The Bertz CT molecular complexity index is 1060. The van der Waals surface area contributed by atoms with Gasteiger partial charge in [-0.15, -0.1) is 0 Å². The lowest BCUT2D eigenvalue weighted by atomic mass is 9.96. The zero-order chi connectivity index (χ0) is 16.8. The van der Waals surface area contributed by atoms with E-state index in [0.29, 0.717) is 6.04 Å². The van der Waals surface area contributed by atoms with Crippen molar-refractivity contribution in [3.63, 3.8) is 0 Å². The van der Waals surface area contributed by atoms with Gasteiger partial charge < -0.3 is 0 Å². The van der Waals surface area contributed by atoms with E-state index in [4.69, 9.17) is 5.10 Å². The molecule has 0 radical (unpaired) electrons. The van der Waals surface area contributed by atoms with Gasteiger partial charge in [0.2, 0.25) is 0 Å². The summed E-state index contributed by atoms with van der Waals surface area (Å²) in [6.45, 7) is 2.24. The van der Waals surface area contributed by atoms with Crippen LogP contribution in [0.25, 0.3) is 33.4 Å². The van der Waals surface area contributed by atoms with Crippen molar-refractivity contribution < 1.29 is 0 Å². The summed E-state index contributed by atoms with van der Waals surface area (Å²) in [5.74, 6) is 0. The molecule has 122 valence electrons. The van der Waals surface area contributed by atoms with E-state index in [0.717, 1.165) is 35.1 Å². The normalized spacial score (nSPS) is 16.3. The number of rotatable bonds is 2. The van der Waals surface area contributed by atoms with Crippen LogP contribution in [-0.2, 0) is 6.42 Å². The van der Waals surface area contributed by atoms with Gasteiger partial charge in [0.25, 0.3) is 0 Å². The highest BCUT2D eigenvalue weighted by Crippen LogP contribution is 2.41. The van der Waals surface area contributed by atoms with Crippen LogP contribution in [0.1, 0.15) is 25.1 Å². The predicted molar refractivity (Wildman–Crippen MR) is 99.2 cm³/mol. The highest BCUT2D eigenvalue weighted by Gasteiger charge is 2.28. The predicted octanol–water partition coefficient (Wildman–Crippen LogP) is 4.67. The summed E-state index contributed by atoms with van der Waals surface area (Å²) in [6, 6.07) is 16.8. The molecule has 1 aliphatic heterocycles. The number of aromatic nitrogens is 4. The molecule has 4 heterocycles. The summed E-state index contributed by atoms with van der Waals surface area (Å²) >= 11 is 0. The Kier molecular flexibility index (Phi) is 3.17. The third-order valence-corrected chi connectivity index (χ3v) is 5.05. The minimum atomic E-state index is 0.430. The van der Waals surface area contributed by atoms with Gasteiger partial charge in [0.05, 0.1) is 11.2 Å². The summed E-state index contributed by atoms with van der Waals surface area (Å²) in [5.41, 5.74) is 6.62. The van der Waals surface area contributed by atoms with Crippen molar-refractivity contribution in [3.05, 3.63) is 66.6 Å². The summed E-state index contributed by atoms with van der Waals surface area (Å²) in [7, 11) is 0. The first-order chi connectivity index (χ1) is 12.3.